The first kappa shape index (κ1) is 5.04. The minimum atomic E-state index is -0.111. The summed E-state index contributed by atoms with van der Waals surface area (Å²) >= 11 is 0. The number of dihydropyridines is 1. The Morgan fingerprint density at radius 3 is 2.88 bits per heavy atom. The molecule has 2 nitrogen and oxygen atoms in total. The summed E-state index contributed by atoms with van der Waals surface area (Å²) in [6.07, 6.45) is 5.23. The lowest BCUT2D eigenvalue weighted by molar-refractivity contribution is 0.946. The van der Waals surface area contributed by atoms with E-state index in [2.05, 4.69) is 4.99 Å². The van der Waals surface area contributed by atoms with Crippen LogP contribution in [-0.2, 0) is 0 Å². The Kier molecular flexibility index (Phi) is 1.43. The maximum Gasteiger partial charge on any atom is 0.0931 e. The molecule has 1 aliphatic rings. The molecule has 1 rings (SSSR count). The topological polar surface area (TPSA) is 36.1 Å². The van der Waals surface area contributed by atoms with Crippen LogP contribution in [0.3, 0.4) is 0 Å². The predicted octanol–water partition coefficient (Wildman–Crippen LogP) is 0.929. The van der Waals surface area contributed by atoms with E-state index in [-0.39, 0.29) is 5.92 Å². The van der Waals surface area contributed by atoms with Gasteiger partial charge in [-0.3, -0.25) is 4.99 Å². The molecule has 1 aliphatic heterocycles. The number of hydrogen-bond acceptors (Lipinski definition) is 2. The van der Waals surface area contributed by atoms with E-state index in [4.69, 9.17) is 5.26 Å². The first-order valence-corrected chi connectivity index (χ1v) is 2.36. The van der Waals surface area contributed by atoms with Crippen LogP contribution in [0.2, 0.25) is 0 Å². The fourth-order valence-corrected chi connectivity index (χ4v) is 0.488. The van der Waals surface area contributed by atoms with Gasteiger partial charge in [-0.2, -0.15) is 5.26 Å². The normalized spacial score (nSPS) is 25.1. The zero-order valence-corrected chi connectivity index (χ0v) is 4.28. The van der Waals surface area contributed by atoms with Crippen molar-refractivity contribution in [1.82, 2.24) is 0 Å². The summed E-state index contributed by atoms with van der Waals surface area (Å²) in [4.78, 5) is 3.77. The van der Waals surface area contributed by atoms with Crippen LogP contribution in [0.25, 0.3) is 0 Å². The molecule has 0 aliphatic carbocycles. The minimum Gasteiger partial charge on any atom is -0.286 e. The summed E-state index contributed by atoms with van der Waals surface area (Å²) in [6, 6.07) is 2.05. The van der Waals surface area contributed by atoms with E-state index in [1.54, 1.807) is 24.9 Å². The van der Waals surface area contributed by atoms with Crippen molar-refractivity contribution in [2.75, 3.05) is 0 Å². The average Bonchev–Trinajstić information content (AvgIpc) is 1.90. The third kappa shape index (κ3) is 0.941. The second kappa shape index (κ2) is 2.27. The number of hydrogen-bond donors (Lipinski definition) is 0. The highest BCUT2D eigenvalue weighted by atomic mass is 14.7. The fourth-order valence-electron chi connectivity index (χ4n) is 0.488. The van der Waals surface area contributed by atoms with Gasteiger partial charge in [0.2, 0.25) is 0 Å². The molecule has 0 amide bonds. The molecule has 0 fully saturated rings. The molecule has 1 unspecified atom stereocenters. The smallest absolute Gasteiger partial charge is 0.0931 e. The molecule has 0 saturated carbocycles. The van der Waals surface area contributed by atoms with Crippen molar-refractivity contribution in [2.45, 2.75) is 0 Å². The van der Waals surface area contributed by atoms with Crippen LogP contribution in [0.15, 0.2) is 17.1 Å². The minimum absolute atomic E-state index is 0.111. The van der Waals surface area contributed by atoms with Gasteiger partial charge in [-0.15, -0.1) is 0 Å². The zero-order chi connectivity index (χ0) is 5.82. The Morgan fingerprint density at radius 2 is 2.50 bits per heavy atom. The van der Waals surface area contributed by atoms with Crippen molar-refractivity contribution >= 4 is 6.21 Å². The van der Waals surface area contributed by atoms with Gasteiger partial charge >= 0.3 is 0 Å². The maximum absolute atomic E-state index is 8.28. The lowest BCUT2D eigenvalue weighted by atomic mass is 10.1. The van der Waals surface area contributed by atoms with Crippen molar-refractivity contribution in [1.29, 1.82) is 5.26 Å². The molecule has 39 valence electrons. The zero-order valence-electron chi connectivity index (χ0n) is 4.28. The summed E-state index contributed by atoms with van der Waals surface area (Å²) in [6.45, 7) is 1.61. The molecule has 1 atom stereocenters. The predicted molar refractivity (Wildman–Crippen MR) is 31.0 cm³/mol. The van der Waals surface area contributed by atoms with Gasteiger partial charge in [0.25, 0.3) is 0 Å². The molecule has 2 heteroatoms. The molecule has 0 N–H and O–H groups in total. The molecule has 1 heterocycles. The lowest BCUT2D eigenvalue weighted by Crippen LogP contribution is -1.94. The molecular formula is C6H5N2. The van der Waals surface area contributed by atoms with Crippen LogP contribution in [-0.4, -0.2) is 6.21 Å². The second-order valence-electron chi connectivity index (χ2n) is 1.49. The van der Waals surface area contributed by atoms with Gasteiger partial charge in [0.1, 0.15) is 0 Å². The van der Waals surface area contributed by atoms with E-state index < -0.39 is 0 Å². The van der Waals surface area contributed by atoms with Crippen LogP contribution in [0.1, 0.15) is 0 Å². The molecule has 0 saturated heterocycles. The molecule has 8 heavy (non-hydrogen) atoms. The highest BCUT2D eigenvalue weighted by molar-refractivity contribution is 5.72. The first-order valence-electron chi connectivity index (χ1n) is 2.36. The molecule has 0 bridgehead atoms. The van der Waals surface area contributed by atoms with E-state index in [0.717, 1.165) is 0 Å². The quantitative estimate of drug-likeness (QED) is 0.451. The number of allylic oxidation sites excluding steroid dienone is 1. The Bertz CT molecular complexity index is 162. The summed E-state index contributed by atoms with van der Waals surface area (Å²) in [5.41, 5.74) is 0. The number of rotatable bonds is 0. The van der Waals surface area contributed by atoms with Gasteiger partial charge in [-0.25, -0.2) is 0 Å². The van der Waals surface area contributed by atoms with Crippen LogP contribution in [0, 0.1) is 23.8 Å². The Morgan fingerprint density at radius 1 is 1.62 bits per heavy atom. The largest absolute Gasteiger partial charge is 0.286 e. The third-order valence-electron chi connectivity index (χ3n) is 0.886. The van der Waals surface area contributed by atoms with Crippen LogP contribution in [0.4, 0.5) is 0 Å². The maximum atomic E-state index is 8.28. The first-order chi connectivity index (χ1) is 3.93. The van der Waals surface area contributed by atoms with E-state index in [0.29, 0.717) is 0 Å². The molecule has 0 aromatic carbocycles. The SMILES string of the molecule is N#CC1[CH]N=CC=C1. The van der Waals surface area contributed by atoms with Gasteiger partial charge in [0.15, 0.2) is 0 Å². The Balaban J connectivity index is 2.55. The highest BCUT2D eigenvalue weighted by Crippen LogP contribution is 2.04. The molecule has 0 aromatic heterocycles. The van der Waals surface area contributed by atoms with Crippen molar-refractivity contribution in [2.24, 2.45) is 10.9 Å². The van der Waals surface area contributed by atoms with E-state index in [1.807, 2.05) is 6.07 Å². The van der Waals surface area contributed by atoms with Gasteiger partial charge in [0, 0.05) is 6.21 Å². The highest BCUT2D eigenvalue weighted by Gasteiger charge is 2.01. The van der Waals surface area contributed by atoms with Crippen LogP contribution < -0.4 is 0 Å². The Hall–Kier alpha value is -1.10. The van der Waals surface area contributed by atoms with Crippen LogP contribution >= 0.6 is 0 Å². The molecule has 1 radical (unpaired) electrons. The Labute approximate surface area is 48.2 Å². The van der Waals surface area contributed by atoms with Crippen molar-refractivity contribution < 1.29 is 0 Å². The summed E-state index contributed by atoms with van der Waals surface area (Å²) in [5, 5.41) is 8.28. The summed E-state index contributed by atoms with van der Waals surface area (Å²) in [5.74, 6) is -0.111. The standard InChI is InChI=1S/C6H5N2/c7-4-6-2-1-3-8-5-6/h1-3,5-6H. The fraction of sp³-hybridized carbons (Fsp3) is 0.167. The van der Waals surface area contributed by atoms with Crippen LogP contribution in [0.5, 0.6) is 0 Å². The van der Waals surface area contributed by atoms with Gasteiger partial charge < -0.3 is 0 Å². The number of nitrogens with zero attached hydrogens (tertiary/aromatic N) is 2. The third-order valence-corrected chi connectivity index (χ3v) is 0.886. The second-order valence-corrected chi connectivity index (χ2v) is 1.49. The molecule has 0 spiro atoms. The van der Waals surface area contributed by atoms with Crippen molar-refractivity contribution in [3.8, 4) is 6.07 Å². The molecular weight excluding hydrogens is 100 g/mol. The van der Waals surface area contributed by atoms with E-state index in [9.17, 15) is 0 Å². The van der Waals surface area contributed by atoms with E-state index >= 15 is 0 Å². The number of nitriles is 1. The van der Waals surface area contributed by atoms with Crippen molar-refractivity contribution in [3.63, 3.8) is 0 Å². The molecule has 0 aromatic rings. The number of aliphatic imine (C=N–C) groups is 1. The lowest BCUT2D eigenvalue weighted by Gasteiger charge is -1.98. The summed E-state index contributed by atoms with van der Waals surface area (Å²) in [7, 11) is 0. The van der Waals surface area contributed by atoms with Gasteiger partial charge in [-0.1, -0.05) is 6.08 Å². The van der Waals surface area contributed by atoms with Gasteiger partial charge in [0.05, 0.1) is 18.5 Å². The van der Waals surface area contributed by atoms with Gasteiger partial charge in [-0.05, 0) is 6.08 Å². The monoisotopic (exact) mass is 105 g/mol. The average molecular weight is 105 g/mol. The summed E-state index contributed by atoms with van der Waals surface area (Å²) < 4.78 is 0. The van der Waals surface area contributed by atoms with E-state index in [1.165, 1.54) is 0 Å². The van der Waals surface area contributed by atoms with Crippen molar-refractivity contribution in [3.05, 3.63) is 18.7 Å².